The van der Waals surface area contributed by atoms with Gasteiger partial charge in [0.1, 0.15) is 0 Å². The van der Waals surface area contributed by atoms with Crippen LogP contribution in [0, 0.1) is 11.3 Å². The lowest BCUT2D eigenvalue weighted by Gasteiger charge is -2.60. The van der Waals surface area contributed by atoms with Crippen LogP contribution in [0.1, 0.15) is 63.3 Å². The molecule has 1 amide bonds. The summed E-state index contributed by atoms with van der Waals surface area (Å²) in [6.45, 7) is 4.57. The predicted octanol–water partition coefficient (Wildman–Crippen LogP) is 5.62. The van der Waals surface area contributed by atoms with Gasteiger partial charge in [0.2, 0.25) is 5.91 Å². The topological polar surface area (TPSA) is 33.2 Å². The van der Waals surface area contributed by atoms with E-state index in [1.165, 1.54) is 32.1 Å². The molecule has 3 atom stereocenters. The third kappa shape index (κ3) is 2.77. The highest BCUT2D eigenvalue weighted by atomic mass is 35.5. The molecule has 0 N–H and O–H groups in total. The summed E-state index contributed by atoms with van der Waals surface area (Å²) < 4.78 is 1.14. The van der Waals surface area contributed by atoms with Crippen molar-refractivity contribution in [1.82, 2.24) is 9.88 Å². The lowest BCUT2D eigenvalue weighted by atomic mass is 9.56. The number of fused-ring (bicyclic) bond motifs is 1. The Bertz CT molecular complexity index is 862. The Balaban J connectivity index is 1.33. The molecule has 2 aliphatic heterocycles. The van der Waals surface area contributed by atoms with Crippen molar-refractivity contribution in [1.29, 1.82) is 0 Å². The van der Waals surface area contributed by atoms with E-state index in [1.54, 1.807) is 11.3 Å². The van der Waals surface area contributed by atoms with Crippen molar-refractivity contribution in [3.8, 4) is 0 Å². The fourth-order valence-corrected chi connectivity index (χ4v) is 7.16. The van der Waals surface area contributed by atoms with Crippen LogP contribution in [0.3, 0.4) is 0 Å². The van der Waals surface area contributed by atoms with E-state index < -0.39 is 0 Å². The molecule has 3 unspecified atom stereocenters. The molecule has 2 aromatic rings. The molecule has 3 heterocycles. The molecular formula is C21H25ClN2OS. The Kier molecular flexibility index (Phi) is 3.88. The number of halogens is 1. The van der Waals surface area contributed by atoms with E-state index in [1.807, 2.05) is 18.2 Å². The summed E-state index contributed by atoms with van der Waals surface area (Å²) >= 11 is 7.77. The number of rotatable bonds is 3. The first-order valence-electron chi connectivity index (χ1n) is 9.77. The molecule has 3 nitrogen and oxygen atoms in total. The number of amides is 1. The number of benzene rings is 1. The zero-order valence-electron chi connectivity index (χ0n) is 15.4. The number of thiazole rings is 1. The maximum absolute atomic E-state index is 13.2. The normalized spacial score (nSPS) is 33.8. The van der Waals surface area contributed by atoms with Gasteiger partial charge < -0.3 is 4.90 Å². The van der Waals surface area contributed by atoms with Crippen LogP contribution in [0.25, 0.3) is 10.2 Å². The van der Waals surface area contributed by atoms with Gasteiger partial charge in [-0.2, -0.15) is 0 Å². The van der Waals surface area contributed by atoms with Gasteiger partial charge in [0, 0.05) is 29.4 Å². The van der Waals surface area contributed by atoms with Crippen molar-refractivity contribution in [2.24, 2.45) is 11.3 Å². The van der Waals surface area contributed by atoms with Crippen LogP contribution in [-0.2, 0) is 4.79 Å². The van der Waals surface area contributed by atoms with Gasteiger partial charge in [0.05, 0.1) is 15.2 Å². The SMILES string of the molecule is CC(CC(=O)N1C2CC3CC1CC(C)(C3)C2)c1nc2cc(Cl)ccc2s1. The fourth-order valence-electron chi connectivity index (χ4n) is 6.00. The monoisotopic (exact) mass is 388 g/mol. The zero-order valence-corrected chi connectivity index (χ0v) is 16.9. The van der Waals surface area contributed by atoms with Crippen LogP contribution in [-0.4, -0.2) is 27.9 Å². The van der Waals surface area contributed by atoms with Crippen molar-refractivity contribution in [2.75, 3.05) is 0 Å². The van der Waals surface area contributed by atoms with Crippen LogP contribution in [0.4, 0.5) is 0 Å². The molecule has 138 valence electrons. The van der Waals surface area contributed by atoms with E-state index in [9.17, 15) is 4.79 Å². The van der Waals surface area contributed by atoms with Crippen molar-refractivity contribution in [3.05, 3.63) is 28.2 Å². The van der Waals surface area contributed by atoms with E-state index in [0.717, 1.165) is 21.1 Å². The molecule has 1 aromatic heterocycles. The van der Waals surface area contributed by atoms with Crippen LogP contribution < -0.4 is 0 Å². The average Bonchev–Trinajstić information content (AvgIpc) is 2.96. The first-order valence-corrected chi connectivity index (χ1v) is 11.0. The maximum atomic E-state index is 13.2. The van der Waals surface area contributed by atoms with E-state index in [2.05, 4.69) is 18.7 Å². The van der Waals surface area contributed by atoms with Gasteiger partial charge in [-0.25, -0.2) is 4.98 Å². The molecule has 4 aliphatic rings. The Hall–Kier alpha value is -1.13. The predicted molar refractivity (Wildman–Crippen MR) is 107 cm³/mol. The van der Waals surface area contributed by atoms with Crippen LogP contribution in [0.5, 0.6) is 0 Å². The van der Waals surface area contributed by atoms with Gasteiger partial charge in [-0.05, 0) is 61.6 Å². The molecule has 4 bridgehead atoms. The van der Waals surface area contributed by atoms with Gasteiger partial charge in [0.15, 0.2) is 0 Å². The molecule has 5 heteroatoms. The number of hydrogen-bond donors (Lipinski definition) is 0. The first-order chi connectivity index (χ1) is 12.4. The number of hydrogen-bond acceptors (Lipinski definition) is 3. The molecule has 0 radical (unpaired) electrons. The molecule has 2 saturated carbocycles. The molecule has 0 spiro atoms. The van der Waals surface area contributed by atoms with Gasteiger partial charge >= 0.3 is 0 Å². The molecule has 6 rings (SSSR count). The quantitative estimate of drug-likeness (QED) is 0.683. The van der Waals surface area contributed by atoms with Crippen LogP contribution in [0.2, 0.25) is 5.02 Å². The standard InChI is InChI=1S/C21H25ClN2OS/c1-12(20-23-17-8-14(22)3-4-18(17)26-20)5-19(25)24-15-6-13-7-16(24)11-21(2,9-13)10-15/h3-4,8,12-13,15-16H,5-7,9-11H2,1-2H3. The van der Waals surface area contributed by atoms with Gasteiger partial charge in [-0.1, -0.05) is 25.4 Å². The summed E-state index contributed by atoms with van der Waals surface area (Å²) in [4.78, 5) is 20.2. The molecular weight excluding hydrogens is 364 g/mol. The highest BCUT2D eigenvalue weighted by Crippen LogP contribution is 2.56. The Morgan fingerprint density at radius 2 is 2.08 bits per heavy atom. The second kappa shape index (κ2) is 5.93. The average molecular weight is 389 g/mol. The summed E-state index contributed by atoms with van der Waals surface area (Å²) in [6.07, 6.45) is 6.83. The number of aromatic nitrogens is 1. The minimum atomic E-state index is 0.159. The van der Waals surface area contributed by atoms with Crippen molar-refractivity contribution in [3.63, 3.8) is 0 Å². The van der Waals surface area contributed by atoms with E-state index in [0.29, 0.717) is 34.8 Å². The Morgan fingerprint density at radius 1 is 1.35 bits per heavy atom. The van der Waals surface area contributed by atoms with Crippen molar-refractivity contribution < 1.29 is 4.79 Å². The Labute approximate surface area is 163 Å². The third-order valence-corrected chi connectivity index (χ3v) is 8.30. The minimum absolute atomic E-state index is 0.159. The molecule has 1 aromatic carbocycles. The summed E-state index contributed by atoms with van der Waals surface area (Å²) in [5, 5.41) is 1.76. The molecule has 4 fully saturated rings. The third-order valence-electron chi connectivity index (χ3n) is 6.79. The van der Waals surface area contributed by atoms with Crippen molar-refractivity contribution in [2.45, 2.75) is 70.4 Å². The molecule has 2 saturated heterocycles. The number of nitrogens with zero attached hydrogens (tertiary/aromatic N) is 2. The van der Waals surface area contributed by atoms with Crippen molar-refractivity contribution >= 4 is 39.1 Å². The van der Waals surface area contributed by atoms with Crippen LogP contribution in [0.15, 0.2) is 18.2 Å². The maximum Gasteiger partial charge on any atom is 0.223 e. The van der Waals surface area contributed by atoms with Gasteiger partial charge in [-0.15, -0.1) is 11.3 Å². The summed E-state index contributed by atoms with van der Waals surface area (Å²) in [5.74, 6) is 1.35. The second-order valence-corrected chi connectivity index (χ2v) is 10.6. The summed E-state index contributed by atoms with van der Waals surface area (Å²) in [7, 11) is 0. The smallest absolute Gasteiger partial charge is 0.223 e. The van der Waals surface area contributed by atoms with E-state index >= 15 is 0 Å². The summed E-state index contributed by atoms with van der Waals surface area (Å²) in [5.41, 5.74) is 1.44. The van der Waals surface area contributed by atoms with E-state index in [-0.39, 0.29) is 5.92 Å². The lowest BCUT2D eigenvalue weighted by Crippen LogP contribution is -2.62. The largest absolute Gasteiger partial charge is 0.337 e. The second-order valence-electron chi connectivity index (χ2n) is 9.14. The summed E-state index contributed by atoms with van der Waals surface area (Å²) in [6, 6.07) is 6.81. The number of carbonyl (C=O) groups is 1. The lowest BCUT2D eigenvalue weighted by molar-refractivity contribution is -0.156. The fraction of sp³-hybridized carbons (Fsp3) is 0.619. The number of carbonyl (C=O) groups excluding carboxylic acids is 1. The zero-order chi connectivity index (χ0) is 18.1. The van der Waals surface area contributed by atoms with E-state index in [4.69, 9.17) is 16.6 Å². The van der Waals surface area contributed by atoms with Crippen LogP contribution >= 0.6 is 22.9 Å². The van der Waals surface area contributed by atoms with Gasteiger partial charge in [-0.3, -0.25) is 4.79 Å². The highest BCUT2D eigenvalue weighted by molar-refractivity contribution is 7.18. The first kappa shape index (κ1) is 17.0. The molecule has 26 heavy (non-hydrogen) atoms. The molecule has 2 aliphatic carbocycles. The minimum Gasteiger partial charge on any atom is -0.337 e. The number of piperidine rings is 2. The Morgan fingerprint density at radius 3 is 2.77 bits per heavy atom. The van der Waals surface area contributed by atoms with Gasteiger partial charge in [0.25, 0.3) is 0 Å². The highest BCUT2D eigenvalue weighted by Gasteiger charge is 2.53.